The topological polar surface area (TPSA) is 55.3 Å². The standard InChI is InChI=1S/C12H16FN3O2/c1-2-18-11(17)9-4-3-5-16(8-9)12-14-6-10(13)7-15-12/h6-7,9H,2-5,8H2,1H3/t9-/m1/s1. The van der Waals surface area contributed by atoms with Crippen LogP contribution >= 0.6 is 0 Å². The first-order chi connectivity index (χ1) is 8.70. The largest absolute Gasteiger partial charge is 0.466 e. The van der Waals surface area contributed by atoms with Crippen LogP contribution in [0, 0.1) is 11.7 Å². The Balaban J connectivity index is 2.02. The van der Waals surface area contributed by atoms with Crippen LogP contribution in [0.4, 0.5) is 10.3 Å². The second kappa shape index (κ2) is 5.75. The van der Waals surface area contributed by atoms with Crippen LogP contribution in [0.1, 0.15) is 19.8 Å². The van der Waals surface area contributed by atoms with Gasteiger partial charge in [0.25, 0.3) is 0 Å². The number of rotatable bonds is 3. The molecule has 0 saturated carbocycles. The SMILES string of the molecule is CCOC(=O)[C@@H]1CCCN(c2ncc(F)cn2)C1. The van der Waals surface area contributed by atoms with E-state index in [1.54, 1.807) is 6.92 Å². The van der Waals surface area contributed by atoms with Crippen LogP contribution in [-0.2, 0) is 9.53 Å². The first-order valence-corrected chi connectivity index (χ1v) is 6.10. The Morgan fingerprint density at radius 1 is 1.56 bits per heavy atom. The predicted octanol–water partition coefficient (Wildman–Crippen LogP) is 1.40. The van der Waals surface area contributed by atoms with E-state index in [-0.39, 0.29) is 11.9 Å². The van der Waals surface area contributed by atoms with Gasteiger partial charge in [0.2, 0.25) is 5.95 Å². The zero-order valence-electron chi connectivity index (χ0n) is 10.3. The van der Waals surface area contributed by atoms with Gasteiger partial charge >= 0.3 is 5.97 Å². The third-order valence-electron chi connectivity index (χ3n) is 2.93. The molecule has 1 aliphatic rings. The molecule has 1 saturated heterocycles. The van der Waals surface area contributed by atoms with Gasteiger partial charge in [-0.25, -0.2) is 14.4 Å². The summed E-state index contributed by atoms with van der Waals surface area (Å²) >= 11 is 0. The van der Waals surface area contributed by atoms with Gasteiger partial charge < -0.3 is 9.64 Å². The minimum Gasteiger partial charge on any atom is -0.466 e. The van der Waals surface area contributed by atoms with Crippen LogP contribution in [0.15, 0.2) is 12.4 Å². The van der Waals surface area contributed by atoms with Gasteiger partial charge in [-0.3, -0.25) is 4.79 Å². The summed E-state index contributed by atoms with van der Waals surface area (Å²) in [5.74, 6) is -0.320. The van der Waals surface area contributed by atoms with Gasteiger partial charge in [-0.05, 0) is 19.8 Å². The normalized spacial score (nSPS) is 19.7. The molecule has 0 N–H and O–H groups in total. The third kappa shape index (κ3) is 2.94. The molecule has 5 nitrogen and oxygen atoms in total. The average molecular weight is 253 g/mol. The Kier molecular flexibility index (Phi) is 4.07. The van der Waals surface area contributed by atoms with Gasteiger partial charge in [0.15, 0.2) is 5.82 Å². The molecule has 0 spiro atoms. The summed E-state index contributed by atoms with van der Waals surface area (Å²) in [6.45, 7) is 3.50. The Morgan fingerprint density at radius 3 is 2.94 bits per heavy atom. The van der Waals surface area contributed by atoms with E-state index in [0.29, 0.717) is 19.1 Å². The minimum atomic E-state index is -0.460. The fourth-order valence-electron chi connectivity index (χ4n) is 2.08. The number of ether oxygens (including phenoxy) is 1. The zero-order chi connectivity index (χ0) is 13.0. The lowest BCUT2D eigenvalue weighted by atomic mass is 9.98. The van der Waals surface area contributed by atoms with E-state index < -0.39 is 5.82 Å². The van der Waals surface area contributed by atoms with E-state index in [1.807, 2.05) is 4.90 Å². The van der Waals surface area contributed by atoms with Gasteiger partial charge in [-0.15, -0.1) is 0 Å². The minimum absolute atomic E-state index is 0.146. The lowest BCUT2D eigenvalue weighted by Gasteiger charge is -2.31. The van der Waals surface area contributed by atoms with Crippen LogP contribution in [0.3, 0.4) is 0 Å². The van der Waals surface area contributed by atoms with Crippen molar-refractivity contribution in [3.05, 3.63) is 18.2 Å². The molecule has 98 valence electrons. The Morgan fingerprint density at radius 2 is 2.28 bits per heavy atom. The summed E-state index contributed by atoms with van der Waals surface area (Å²) in [4.78, 5) is 21.4. The third-order valence-corrected chi connectivity index (χ3v) is 2.93. The molecular formula is C12H16FN3O2. The van der Waals surface area contributed by atoms with E-state index in [9.17, 15) is 9.18 Å². The summed E-state index contributed by atoms with van der Waals surface area (Å²) < 4.78 is 17.8. The smallest absolute Gasteiger partial charge is 0.310 e. The second-order valence-electron chi connectivity index (χ2n) is 4.24. The first kappa shape index (κ1) is 12.7. The molecule has 0 bridgehead atoms. The van der Waals surface area contributed by atoms with Crippen molar-refractivity contribution in [3.63, 3.8) is 0 Å². The van der Waals surface area contributed by atoms with E-state index >= 15 is 0 Å². The van der Waals surface area contributed by atoms with Gasteiger partial charge in [0.05, 0.1) is 24.9 Å². The summed E-state index contributed by atoms with van der Waals surface area (Å²) in [5.41, 5.74) is 0. The van der Waals surface area contributed by atoms with Gasteiger partial charge in [-0.2, -0.15) is 0 Å². The molecule has 6 heteroatoms. The van der Waals surface area contributed by atoms with Crippen molar-refractivity contribution in [1.82, 2.24) is 9.97 Å². The number of carbonyl (C=O) groups excluding carboxylic acids is 1. The fraction of sp³-hybridized carbons (Fsp3) is 0.583. The molecule has 2 heterocycles. The molecule has 1 fully saturated rings. The molecular weight excluding hydrogens is 237 g/mol. The van der Waals surface area contributed by atoms with Crippen molar-refractivity contribution in [1.29, 1.82) is 0 Å². The van der Waals surface area contributed by atoms with Crippen LogP contribution in [0.2, 0.25) is 0 Å². The first-order valence-electron chi connectivity index (χ1n) is 6.10. The zero-order valence-corrected chi connectivity index (χ0v) is 10.3. The highest BCUT2D eigenvalue weighted by Gasteiger charge is 2.27. The second-order valence-corrected chi connectivity index (χ2v) is 4.24. The Hall–Kier alpha value is -1.72. The lowest BCUT2D eigenvalue weighted by Crippen LogP contribution is -2.40. The summed E-state index contributed by atoms with van der Waals surface area (Å²) in [7, 11) is 0. The molecule has 2 rings (SSSR count). The van der Waals surface area contributed by atoms with Crippen LogP contribution in [-0.4, -0.2) is 35.6 Å². The molecule has 0 unspecified atom stereocenters. The molecule has 1 aromatic rings. The van der Waals surface area contributed by atoms with Crippen molar-refractivity contribution in [3.8, 4) is 0 Å². The number of aromatic nitrogens is 2. The highest BCUT2D eigenvalue weighted by molar-refractivity contribution is 5.73. The van der Waals surface area contributed by atoms with E-state index in [4.69, 9.17) is 4.74 Å². The predicted molar refractivity (Wildman–Crippen MR) is 63.6 cm³/mol. The fourth-order valence-corrected chi connectivity index (χ4v) is 2.08. The molecule has 1 atom stereocenters. The number of anilines is 1. The molecule has 0 aromatic carbocycles. The quantitative estimate of drug-likeness (QED) is 0.762. The maximum Gasteiger partial charge on any atom is 0.310 e. The molecule has 0 radical (unpaired) electrons. The van der Waals surface area contributed by atoms with Crippen LogP contribution in [0.25, 0.3) is 0 Å². The Bertz CT molecular complexity index is 410. The number of hydrogen-bond donors (Lipinski definition) is 0. The highest BCUT2D eigenvalue weighted by atomic mass is 19.1. The summed E-state index contributed by atoms with van der Waals surface area (Å²) in [6, 6.07) is 0. The maximum absolute atomic E-state index is 12.7. The lowest BCUT2D eigenvalue weighted by molar-refractivity contribution is -0.148. The number of carbonyl (C=O) groups is 1. The van der Waals surface area contributed by atoms with Crippen molar-refractivity contribution in [2.75, 3.05) is 24.6 Å². The van der Waals surface area contributed by atoms with Crippen LogP contribution < -0.4 is 4.90 Å². The highest BCUT2D eigenvalue weighted by Crippen LogP contribution is 2.21. The number of halogens is 1. The van der Waals surface area contributed by atoms with E-state index in [1.165, 1.54) is 0 Å². The Labute approximate surface area is 105 Å². The number of hydrogen-bond acceptors (Lipinski definition) is 5. The number of piperidine rings is 1. The van der Waals surface area contributed by atoms with Crippen molar-refractivity contribution in [2.24, 2.45) is 5.92 Å². The summed E-state index contributed by atoms with van der Waals surface area (Å²) in [6.07, 6.45) is 3.97. The maximum atomic E-state index is 12.7. The molecule has 1 aromatic heterocycles. The summed E-state index contributed by atoms with van der Waals surface area (Å²) in [5, 5.41) is 0. The molecule has 0 amide bonds. The monoisotopic (exact) mass is 253 g/mol. The van der Waals surface area contributed by atoms with Crippen molar-refractivity contribution < 1.29 is 13.9 Å². The van der Waals surface area contributed by atoms with Gasteiger partial charge in [0, 0.05) is 13.1 Å². The average Bonchev–Trinajstić information content (AvgIpc) is 2.40. The van der Waals surface area contributed by atoms with Gasteiger partial charge in [0.1, 0.15) is 0 Å². The molecule has 0 aliphatic carbocycles. The van der Waals surface area contributed by atoms with Crippen molar-refractivity contribution in [2.45, 2.75) is 19.8 Å². The van der Waals surface area contributed by atoms with Gasteiger partial charge in [-0.1, -0.05) is 0 Å². The van der Waals surface area contributed by atoms with Crippen LogP contribution in [0.5, 0.6) is 0 Å². The number of esters is 1. The van der Waals surface area contributed by atoms with Crippen molar-refractivity contribution >= 4 is 11.9 Å². The van der Waals surface area contributed by atoms with E-state index in [2.05, 4.69) is 9.97 Å². The number of nitrogens with zero attached hydrogens (tertiary/aromatic N) is 3. The molecule has 18 heavy (non-hydrogen) atoms. The van der Waals surface area contributed by atoms with E-state index in [0.717, 1.165) is 31.8 Å². The molecule has 1 aliphatic heterocycles.